The summed E-state index contributed by atoms with van der Waals surface area (Å²) < 4.78 is 88.4. The Hall–Kier alpha value is -3.17. The van der Waals surface area contributed by atoms with Crippen molar-refractivity contribution < 1.29 is 45.7 Å². The van der Waals surface area contributed by atoms with Crippen molar-refractivity contribution in [1.82, 2.24) is 0 Å². The number of carboxylic acids is 1. The van der Waals surface area contributed by atoms with Crippen LogP contribution in [-0.2, 0) is 11.2 Å². The van der Waals surface area contributed by atoms with E-state index in [0.717, 1.165) is 18.2 Å². The Labute approximate surface area is 166 Å². The molecule has 2 aromatic rings. The highest BCUT2D eigenvalue weighted by Crippen LogP contribution is 2.48. The molecule has 0 amide bonds. The fourth-order valence-corrected chi connectivity index (χ4v) is 3.18. The molecule has 1 heterocycles. The summed E-state index contributed by atoms with van der Waals surface area (Å²) in [5, 5.41) is 9.46. The number of hydrogen-bond donors (Lipinski definition) is 1. The Kier molecular flexibility index (Phi) is 5.44. The van der Waals surface area contributed by atoms with Crippen LogP contribution in [0, 0.1) is 0 Å². The summed E-state index contributed by atoms with van der Waals surface area (Å²) in [4.78, 5) is 11.7. The molecule has 1 unspecified atom stereocenters. The number of fused-ring (bicyclic) bond motifs is 1. The molecule has 3 rings (SSSR count). The summed E-state index contributed by atoms with van der Waals surface area (Å²) in [5.74, 6) is -3.01. The molecule has 0 aliphatic carbocycles. The number of aryl methyl sites for hydroxylation is 1. The zero-order chi connectivity index (χ0) is 22.2. The summed E-state index contributed by atoms with van der Waals surface area (Å²) in [6.07, 6.45) is -10.3. The van der Waals surface area contributed by atoms with E-state index < -0.39 is 47.6 Å². The lowest BCUT2D eigenvalue weighted by atomic mass is 9.83. The lowest BCUT2D eigenvalue weighted by Crippen LogP contribution is -2.55. The maximum atomic E-state index is 14.1. The van der Waals surface area contributed by atoms with Crippen LogP contribution in [0.1, 0.15) is 17.5 Å². The van der Waals surface area contributed by atoms with Gasteiger partial charge in [0, 0.05) is 12.0 Å². The smallest absolute Gasteiger partial charge is 0.478 e. The van der Waals surface area contributed by atoms with Gasteiger partial charge in [0.2, 0.25) is 5.60 Å². The van der Waals surface area contributed by atoms with Gasteiger partial charge in [0.25, 0.3) is 0 Å². The Morgan fingerprint density at radius 1 is 1.03 bits per heavy atom. The van der Waals surface area contributed by atoms with Crippen molar-refractivity contribution in [2.45, 2.75) is 31.0 Å². The van der Waals surface area contributed by atoms with Gasteiger partial charge in [-0.1, -0.05) is 30.3 Å². The molecule has 10 heteroatoms. The Balaban J connectivity index is 2.04. The summed E-state index contributed by atoms with van der Waals surface area (Å²) in [5.41, 5.74) is -4.03. The Morgan fingerprint density at radius 2 is 1.70 bits per heavy atom. The molecule has 0 radical (unpaired) electrons. The van der Waals surface area contributed by atoms with Gasteiger partial charge in [-0.05, 0) is 36.3 Å². The number of hydrogen-bond acceptors (Lipinski definition) is 3. The summed E-state index contributed by atoms with van der Waals surface area (Å²) >= 11 is 0. The van der Waals surface area contributed by atoms with E-state index in [4.69, 9.17) is 4.74 Å². The molecule has 160 valence electrons. The molecule has 0 aromatic heterocycles. The van der Waals surface area contributed by atoms with Crippen LogP contribution in [0.5, 0.6) is 11.5 Å². The fourth-order valence-electron chi connectivity index (χ4n) is 3.18. The SMILES string of the molecule is O=C(O)C1=Cc2cc(OC(F)(F)F)ccc2OC1(CCc1ccccc1)C(F)(F)F. The molecule has 0 bridgehead atoms. The third kappa shape index (κ3) is 4.37. The van der Waals surface area contributed by atoms with Crippen molar-refractivity contribution in [2.24, 2.45) is 0 Å². The molecule has 1 aliphatic heterocycles. The zero-order valence-electron chi connectivity index (χ0n) is 15.1. The highest BCUT2D eigenvalue weighted by Gasteiger charge is 2.62. The van der Waals surface area contributed by atoms with E-state index in [1.54, 1.807) is 30.3 Å². The van der Waals surface area contributed by atoms with Crippen molar-refractivity contribution in [3.8, 4) is 11.5 Å². The van der Waals surface area contributed by atoms with Crippen LogP contribution in [0.2, 0.25) is 0 Å². The second kappa shape index (κ2) is 7.58. The first-order chi connectivity index (χ1) is 13.9. The Morgan fingerprint density at radius 3 is 2.27 bits per heavy atom. The average Bonchev–Trinajstić information content (AvgIpc) is 2.64. The minimum Gasteiger partial charge on any atom is -0.478 e. The van der Waals surface area contributed by atoms with Gasteiger partial charge >= 0.3 is 18.5 Å². The van der Waals surface area contributed by atoms with Crippen LogP contribution in [0.15, 0.2) is 54.1 Å². The van der Waals surface area contributed by atoms with E-state index in [0.29, 0.717) is 11.6 Å². The second-order valence-electron chi connectivity index (χ2n) is 6.52. The van der Waals surface area contributed by atoms with Gasteiger partial charge < -0.3 is 14.6 Å². The number of carboxylic acid groups (broad SMARTS) is 1. The first-order valence-electron chi connectivity index (χ1n) is 8.56. The fraction of sp³-hybridized carbons (Fsp3) is 0.250. The summed E-state index contributed by atoms with van der Waals surface area (Å²) in [6, 6.07) is 10.6. The molecule has 1 atom stereocenters. The van der Waals surface area contributed by atoms with Crippen LogP contribution in [0.25, 0.3) is 6.08 Å². The predicted molar refractivity (Wildman–Crippen MR) is 92.9 cm³/mol. The first kappa shape index (κ1) is 21.5. The Bertz CT molecular complexity index is 965. The standard InChI is InChI=1S/C20H14F6O4/c21-19(22,23)18(9-8-12-4-2-1-3-5-12)15(17(27)28)11-13-10-14(29-20(24,25)26)6-7-16(13)30-18/h1-7,10-11H,8-9H2,(H,27,28). The number of aliphatic carboxylic acids is 1. The zero-order valence-corrected chi connectivity index (χ0v) is 15.1. The van der Waals surface area contributed by atoms with E-state index in [1.165, 1.54) is 0 Å². The van der Waals surface area contributed by atoms with E-state index in [2.05, 4.69) is 4.74 Å². The van der Waals surface area contributed by atoms with E-state index in [-0.39, 0.29) is 12.0 Å². The van der Waals surface area contributed by atoms with E-state index in [1.807, 2.05) is 0 Å². The molecular weight excluding hydrogens is 418 g/mol. The maximum Gasteiger partial charge on any atom is 0.573 e. The molecule has 2 aromatic carbocycles. The quantitative estimate of drug-likeness (QED) is 0.645. The number of rotatable bonds is 5. The number of ether oxygens (including phenoxy) is 2. The average molecular weight is 432 g/mol. The van der Waals surface area contributed by atoms with Crippen molar-refractivity contribution in [3.05, 3.63) is 65.2 Å². The van der Waals surface area contributed by atoms with Crippen molar-refractivity contribution >= 4 is 12.0 Å². The first-order valence-corrected chi connectivity index (χ1v) is 8.56. The highest BCUT2D eigenvalue weighted by molar-refractivity contribution is 5.96. The van der Waals surface area contributed by atoms with Gasteiger partial charge in [0.05, 0.1) is 5.57 Å². The lowest BCUT2D eigenvalue weighted by Gasteiger charge is -2.39. The van der Waals surface area contributed by atoms with Crippen LogP contribution >= 0.6 is 0 Å². The lowest BCUT2D eigenvalue weighted by molar-refractivity contribution is -0.274. The van der Waals surface area contributed by atoms with Crippen molar-refractivity contribution in [3.63, 3.8) is 0 Å². The van der Waals surface area contributed by atoms with E-state index in [9.17, 15) is 36.2 Å². The van der Waals surface area contributed by atoms with Crippen LogP contribution < -0.4 is 9.47 Å². The van der Waals surface area contributed by atoms with Gasteiger partial charge in [0.15, 0.2) is 0 Å². The molecule has 1 N–H and O–H groups in total. The number of carbonyl (C=O) groups is 1. The topological polar surface area (TPSA) is 55.8 Å². The second-order valence-corrected chi connectivity index (χ2v) is 6.52. The number of benzene rings is 2. The number of alkyl halides is 6. The molecular formula is C20H14F6O4. The monoisotopic (exact) mass is 432 g/mol. The van der Waals surface area contributed by atoms with Crippen LogP contribution in [0.3, 0.4) is 0 Å². The molecule has 0 saturated heterocycles. The predicted octanol–water partition coefficient (Wildman–Crippen LogP) is 5.38. The van der Waals surface area contributed by atoms with Gasteiger partial charge in [-0.3, -0.25) is 0 Å². The molecule has 30 heavy (non-hydrogen) atoms. The minimum absolute atomic E-state index is 0.143. The highest BCUT2D eigenvalue weighted by atomic mass is 19.4. The normalized spacial score (nSPS) is 18.8. The number of halogens is 6. The summed E-state index contributed by atoms with van der Waals surface area (Å²) in [6.45, 7) is 0. The van der Waals surface area contributed by atoms with Crippen molar-refractivity contribution in [1.29, 1.82) is 0 Å². The molecule has 0 saturated carbocycles. The molecule has 4 nitrogen and oxygen atoms in total. The third-order valence-corrected chi connectivity index (χ3v) is 4.53. The largest absolute Gasteiger partial charge is 0.573 e. The third-order valence-electron chi connectivity index (χ3n) is 4.53. The van der Waals surface area contributed by atoms with Gasteiger partial charge in [-0.2, -0.15) is 13.2 Å². The molecule has 0 fully saturated rings. The van der Waals surface area contributed by atoms with Gasteiger partial charge in [-0.25, -0.2) is 4.79 Å². The molecule has 1 aliphatic rings. The van der Waals surface area contributed by atoms with Gasteiger partial charge in [-0.15, -0.1) is 13.2 Å². The maximum absolute atomic E-state index is 14.1. The summed E-state index contributed by atoms with van der Waals surface area (Å²) in [7, 11) is 0. The van der Waals surface area contributed by atoms with E-state index >= 15 is 0 Å². The van der Waals surface area contributed by atoms with Crippen molar-refractivity contribution in [2.75, 3.05) is 0 Å². The van der Waals surface area contributed by atoms with Crippen LogP contribution in [-0.4, -0.2) is 29.2 Å². The minimum atomic E-state index is -5.11. The molecule has 0 spiro atoms. The van der Waals surface area contributed by atoms with Crippen LogP contribution in [0.4, 0.5) is 26.3 Å². The van der Waals surface area contributed by atoms with Gasteiger partial charge in [0.1, 0.15) is 11.5 Å².